The molecule has 0 aromatic rings. The number of hydrazine groups is 1. The lowest BCUT2D eigenvalue weighted by Crippen LogP contribution is -2.39. The van der Waals surface area contributed by atoms with Gasteiger partial charge in [0.15, 0.2) is 5.78 Å². The van der Waals surface area contributed by atoms with Crippen LogP contribution in [0.25, 0.3) is 0 Å². The van der Waals surface area contributed by atoms with E-state index in [4.69, 9.17) is 0 Å². The minimum Gasteiger partial charge on any atom is -0.294 e. The van der Waals surface area contributed by atoms with Gasteiger partial charge in [-0.1, -0.05) is 18.2 Å². The third kappa shape index (κ3) is 1.92. The highest BCUT2D eigenvalue weighted by Crippen LogP contribution is 2.45. The van der Waals surface area contributed by atoms with Gasteiger partial charge in [0.05, 0.1) is 0 Å². The second-order valence-electron chi connectivity index (χ2n) is 6.27. The smallest absolute Gasteiger partial charge is 0.159 e. The van der Waals surface area contributed by atoms with E-state index in [9.17, 15) is 4.79 Å². The summed E-state index contributed by atoms with van der Waals surface area (Å²) >= 11 is 0. The molecule has 3 aliphatic carbocycles. The van der Waals surface area contributed by atoms with Gasteiger partial charge in [-0.2, -0.15) is 0 Å². The van der Waals surface area contributed by atoms with Crippen molar-refractivity contribution in [1.82, 2.24) is 10.9 Å². The first-order chi connectivity index (χ1) is 9.31. The molecule has 1 heterocycles. The number of hydrogen-bond acceptors (Lipinski definition) is 3. The summed E-state index contributed by atoms with van der Waals surface area (Å²) in [6.07, 6.45) is 12.8. The van der Waals surface area contributed by atoms with Crippen LogP contribution in [0.3, 0.4) is 0 Å². The fourth-order valence-electron chi connectivity index (χ4n) is 4.22. The Balaban J connectivity index is 1.68. The Labute approximate surface area is 113 Å². The van der Waals surface area contributed by atoms with Gasteiger partial charge in [0.2, 0.25) is 0 Å². The van der Waals surface area contributed by atoms with Crippen LogP contribution in [0, 0.1) is 17.8 Å². The van der Waals surface area contributed by atoms with E-state index < -0.39 is 0 Å². The number of allylic oxidation sites excluding steroid dienone is 6. The van der Waals surface area contributed by atoms with Crippen LogP contribution in [0.5, 0.6) is 0 Å². The molecule has 0 amide bonds. The molecule has 0 aromatic heterocycles. The van der Waals surface area contributed by atoms with Crippen LogP contribution in [-0.4, -0.2) is 18.4 Å². The lowest BCUT2D eigenvalue weighted by Gasteiger charge is -2.38. The summed E-state index contributed by atoms with van der Waals surface area (Å²) in [5, 5.41) is 0. The van der Waals surface area contributed by atoms with Crippen LogP contribution in [0.2, 0.25) is 0 Å². The van der Waals surface area contributed by atoms with E-state index in [0.29, 0.717) is 24.3 Å². The predicted octanol–water partition coefficient (Wildman–Crippen LogP) is 1.89. The molecular formula is C16H20N2O. The van der Waals surface area contributed by atoms with Gasteiger partial charge in [0.25, 0.3) is 0 Å². The van der Waals surface area contributed by atoms with Gasteiger partial charge in [-0.15, -0.1) is 0 Å². The summed E-state index contributed by atoms with van der Waals surface area (Å²) in [7, 11) is 0. The maximum Gasteiger partial charge on any atom is 0.159 e. The van der Waals surface area contributed by atoms with Crippen LogP contribution in [-0.2, 0) is 4.79 Å². The van der Waals surface area contributed by atoms with Crippen molar-refractivity contribution in [3.8, 4) is 0 Å². The second-order valence-corrected chi connectivity index (χ2v) is 6.27. The van der Waals surface area contributed by atoms with Crippen molar-refractivity contribution in [2.24, 2.45) is 17.8 Å². The molecule has 3 nitrogen and oxygen atoms in total. The Hall–Kier alpha value is -1.19. The monoisotopic (exact) mass is 256 g/mol. The van der Waals surface area contributed by atoms with Crippen molar-refractivity contribution in [3.05, 3.63) is 35.5 Å². The molecule has 1 saturated carbocycles. The molecule has 2 fully saturated rings. The lowest BCUT2D eigenvalue weighted by molar-refractivity contribution is -0.114. The minimum atomic E-state index is 0.267. The molecule has 100 valence electrons. The van der Waals surface area contributed by atoms with Gasteiger partial charge < -0.3 is 0 Å². The number of carbonyl (C=O) groups is 1. The second kappa shape index (κ2) is 4.43. The van der Waals surface area contributed by atoms with Crippen LogP contribution in [0.15, 0.2) is 35.5 Å². The van der Waals surface area contributed by atoms with Crippen molar-refractivity contribution >= 4 is 5.78 Å². The quantitative estimate of drug-likeness (QED) is 0.650. The molecule has 4 rings (SSSR count). The molecule has 0 aromatic carbocycles. The summed E-state index contributed by atoms with van der Waals surface area (Å²) in [6, 6.07) is 0.627. The number of rotatable bonds is 0. The number of carbonyl (C=O) groups excluding carboxylic acids is 1. The predicted molar refractivity (Wildman–Crippen MR) is 74.2 cm³/mol. The molecule has 0 bridgehead atoms. The van der Waals surface area contributed by atoms with Crippen molar-refractivity contribution < 1.29 is 4.79 Å². The molecule has 3 heteroatoms. The summed E-state index contributed by atoms with van der Waals surface area (Å²) < 4.78 is 0. The van der Waals surface area contributed by atoms with Crippen molar-refractivity contribution in [3.63, 3.8) is 0 Å². The highest BCUT2D eigenvalue weighted by Gasteiger charge is 2.41. The zero-order valence-corrected chi connectivity index (χ0v) is 11.1. The first-order valence-corrected chi connectivity index (χ1v) is 7.40. The number of ketones is 1. The molecule has 19 heavy (non-hydrogen) atoms. The molecule has 0 radical (unpaired) electrons. The Morgan fingerprint density at radius 2 is 2.16 bits per heavy atom. The standard InChI is InChI=1S/C16H20N2O/c19-13-4-5-14-10(6-13)2-1-3-11-8-16-12(7-15(11)14)9-17-18-16/h1,3,5-6,11-12,15-18H,2,4,7-9H2. The van der Waals surface area contributed by atoms with Crippen LogP contribution in [0.4, 0.5) is 0 Å². The zero-order chi connectivity index (χ0) is 12.8. The molecule has 4 unspecified atom stereocenters. The van der Waals surface area contributed by atoms with Crippen molar-refractivity contribution in [1.29, 1.82) is 0 Å². The molecule has 1 aliphatic heterocycles. The Morgan fingerprint density at radius 1 is 1.21 bits per heavy atom. The van der Waals surface area contributed by atoms with E-state index in [1.807, 2.05) is 6.08 Å². The van der Waals surface area contributed by atoms with E-state index >= 15 is 0 Å². The van der Waals surface area contributed by atoms with Gasteiger partial charge in [0.1, 0.15) is 0 Å². The van der Waals surface area contributed by atoms with Gasteiger partial charge >= 0.3 is 0 Å². The Morgan fingerprint density at radius 3 is 3.11 bits per heavy atom. The maximum atomic E-state index is 11.6. The summed E-state index contributed by atoms with van der Waals surface area (Å²) in [6.45, 7) is 1.09. The SMILES string of the molecule is O=C1C=C2CC=CC3CC4NNCC4CC3C2=CC1. The Bertz CT molecular complexity index is 503. The zero-order valence-electron chi connectivity index (χ0n) is 11.1. The molecule has 1 saturated heterocycles. The summed E-state index contributed by atoms with van der Waals surface area (Å²) in [5.74, 6) is 2.27. The van der Waals surface area contributed by atoms with Gasteiger partial charge in [-0.05, 0) is 54.2 Å². The van der Waals surface area contributed by atoms with E-state index in [1.165, 1.54) is 24.0 Å². The molecule has 4 aliphatic rings. The summed E-state index contributed by atoms with van der Waals surface area (Å²) in [4.78, 5) is 11.6. The summed E-state index contributed by atoms with van der Waals surface area (Å²) in [5.41, 5.74) is 9.47. The van der Waals surface area contributed by atoms with Crippen LogP contribution < -0.4 is 10.9 Å². The number of fused-ring (bicyclic) bond motifs is 4. The molecule has 0 spiro atoms. The first kappa shape index (κ1) is 11.6. The highest BCUT2D eigenvalue weighted by atomic mass is 16.1. The average Bonchev–Trinajstić information content (AvgIpc) is 2.78. The van der Waals surface area contributed by atoms with Crippen molar-refractivity contribution in [2.75, 3.05) is 6.54 Å². The van der Waals surface area contributed by atoms with E-state index in [0.717, 1.165) is 18.9 Å². The molecule has 4 atom stereocenters. The minimum absolute atomic E-state index is 0.267. The van der Waals surface area contributed by atoms with E-state index in [2.05, 4.69) is 29.1 Å². The topological polar surface area (TPSA) is 41.1 Å². The third-order valence-corrected chi connectivity index (χ3v) is 5.17. The third-order valence-electron chi connectivity index (χ3n) is 5.17. The van der Waals surface area contributed by atoms with Gasteiger partial charge in [-0.25, -0.2) is 0 Å². The average molecular weight is 256 g/mol. The largest absolute Gasteiger partial charge is 0.294 e. The van der Waals surface area contributed by atoms with Crippen molar-refractivity contribution in [2.45, 2.75) is 31.7 Å². The fraction of sp³-hybridized carbons (Fsp3) is 0.562. The number of nitrogens with one attached hydrogen (secondary N) is 2. The molecular weight excluding hydrogens is 236 g/mol. The van der Waals surface area contributed by atoms with Crippen LogP contribution in [0.1, 0.15) is 25.7 Å². The fourth-order valence-corrected chi connectivity index (χ4v) is 4.22. The number of hydrogen-bond donors (Lipinski definition) is 2. The van der Waals surface area contributed by atoms with Gasteiger partial charge in [0, 0.05) is 19.0 Å². The lowest BCUT2D eigenvalue weighted by atomic mass is 9.68. The maximum absolute atomic E-state index is 11.6. The van der Waals surface area contributed by atoms with E-state index in [-0.39, 0.29) is 5.78 Å². The molecule has 2 N–H and O–H groups in total. The van der Waals surface area contributed by atoms with E-state index in [1.54, 1.807) is 0 Å². The first-order valence-electron chi connectivity index (χ1n) is 7.40. The highest BCUT2D eigenvalue weighted by molar-refractivity contribution is 5.93. The Kier molecular flexibility index (Phi) is 2.71. The normalized spacial score (nSPS) is 40.7. The van der Waals surface area contributed by atoms with Gasteiger partial charge in [-0.3, -0.25) is 15.6 Å². The van der Waals surface area contributed by atoms with Crippen LogP contribution >= 0.6 is 0 Å².